The highest BCUT2D eigenvalue weighted by Gasteiger charge is 2.32. The van der Waals surface area contributed by atoms with Crippen LogP contribution in [0.2, 0.25) is 5.02 Å². The van der Waals surface area contributed by atoms with Crippen LogP contribution >= 0.6 is 33.5 Å². The van der Waals surface area contributed by atoms with Crippen LogP contribution in [0, 0.1) is 0 Å². The Morgan fingerprint density at radius 1 is 1.44 bits per heavy atom. The minimum absolute atomic E-state index is 0.549. The van der Waals surface area contributed by atoms with E-state index in [2.05, 4.69) is 27.0 Å². The molecule has 1 saturated carbocycles. The first-order valence-corrected chi connectivity index (χ1v) is 7.53. The van der Waals surface area contributed by atoms with Gasteiger partial charge >= 0.3 is 0 Å². The van der Waals surface area contributed by atoms with Crippen molar-refractivity contribution in [2.24, 2.45) is 0 Å². The summed E-state index contributed by atoms with van der Waals surface area (Å²) in [7, 11) is 2.74. The second-order valence-corrected chi connectivity index (χ2v) is 5.78. The van der Waals surface area contributed by atoms with Crippen LogP contribution in [0.4, 0.5) is 0 Å². The number of benzene rings is 1. The van der Waals surface area contributed by atoms with Crippen molar-refractivity contribution in [3.63, 3.8) is 0 Å². The summed E-state index contributed by atoms with van der Waals surface area (Å²) >= 11 is 10.7. The van der Waals surface area contributed by atoms with Gasteiger partial charge in [0.15, 0.2) is 0 Å². The molecule has 2 nitrogen and oxygen atoms in total. The van der Waals surface area contributed by atoms with Gasteiger partial charge in [0, 0.05) is 21.9 Å². The summed E-state index contributed by atoms with van der Waals surface area (Å²) in [5, 5.41) is 4.88. The van der Waals surface area contributed by atoms with Crippen LogP contribution in [0.3, 0.4) is 0 Å². The molecule has 0 spiro atoms. The molecule has 1 unspecified atom stereocenters. The first kappa shape index (κ1) is 12.5. The highest BCUT2D eigenvalue weighted by atomic mass is 35.5. The van der Waals surface area contributed by atoms with E-state index in [9.17, 15) is 0 Å². The Bertz CT molecular complexity index is 574. The lowest BCUT2D eigenvalue weighted by atomic mass is 10.1. The van der Waals surface area contributed by atoms with Crippen molar-refractivity contribution in [1.29, 1.82) is 0 Å². The lowest BCUT2D eigenvalue weighted by Crippen LogP contribution is -1.89. The molecule has 1 aromatic heterocycles. The molecule has 0 bridgehead atoms. The summed E-state index contributed by atoms with van der Waals surface area (Å²) in [6.45, 7) is 0. The largest absolute Gasteiger partial charge is 0.360 e. The van der Waals surface area contributed by atoms with Crippen molar-refractivity contribution in [3.8, 4) is 11.3 Å². The molecule has 1 aliphatic rings. The molecule has 1 atom stereocenters. The summed E-state index contributed by atoms with van der Waals surface area (Å²) in [6.07, 6.45) is 3.22. The Hall–Kier alpha value is -0.500. The highest BCUT2D eigenvalue weighted by molar-refractivity contribution is 7.80. The molecule has 18 heavy (non-hydrogen) atoms. The van der Waals surface area contributed by atoms with Gasteiger partial charge in [0.05, 0.1) is 5.02 Å². The first-order valence-electron chi connectivity index (χ1n) is 5.88. The topological polar surface area (TPSA) is 26.0 Å². The Labute approximate surface area is 119 Å². The molecule has 0 amide bonds. The van der Waals surface area contributed by atoms with Crippen LogP contribution in [0.1, 0.15) is 30.1 Å². The van der Waals surface area contributed by atoms with E-state index in [-0.39, 0.29) is 0 Å². The third kappa shape index (κ3) is 2.09. The van der Waals surface area contributed by atoms with E-state index in [0.29, 0.717) is 10.9 Å². The zero-order valence-corrected chi connectivity index (χ0v) is 12.5. The minimum atomic E-state index is 0.549. The van der Waals surface area contributed by atoms with Crippen LogP contribution < -0.4 is 0 Å². The maximum Gasteiger partial charge on any atom is 0.143 e. The molecule has 1 fully saturated rings. The third-order valence-corrected chi connectivity index (χ3v) is 4.30. The third-order valence-electron chi connectivity index (χ3n) is 3.20. The van der Waals surface area contributed by atoms with E-state index in [0.717, 1.165) is 33.6 Å². The predicted octanol–water partition coefficient (Wildman–Crippen LogP) is 4.54. The van der Waals surface area contributed by atoms with Crippen molar-refractivity contribution < 1.29 is 4.52 Å². The maximum absolute atomic E-state index is 6.26. The van der Waals surface area contributed by atoms with Gasteiger partial charge in [-0.1, -0.05) is 22.8 Å². The Kier molecular flexibility index (Phi) is 3.40. The van der Waals surface area contributed by atoms with Crippen molar-refractivity contribution in [3.05, 3.63) is 34.5 Å². The van der Waals surface area contributed by atoms with Gasteiger partial charge in [-0.25, -0.2) is 0 Å². The van der Waals surface area contributed by atoms with Gasteiger partial charge < -0.3 is 4.52 Å². The molecule has 3 rings (SSSR count). The normalized spacial score (nSPS) is 15.1. The van der Waals surface area contributed by atoms with E-state index < -0.39 is 0 Å². The quantitative estimate of drug-likeness (QED) is 0.665. The molecule has 1 heterocycles. The van der Waals surface area contributed by atoms with E-state index >= 15 is 0 Å². The second kappa shape index (κ2) is 4.88. The average molecular weight is 298 g/mol. The van der Waals surface area contributed by atoms with Gasteiger partial charge in [0.25, 0.3) is 0 Å². The van der Waals surface area contributed by atoms with Crippen LogP contribution in [0.15, 0.2) is 27.6 Å². The number of hydrogen-bond acceptors (Lipinski definition) is 3. The Morgan fingerprint density at radius 3 is 2.83 bits per heavy atom. The fourth-order valence-electron chi connectivity index (χ4n) is 2.13. The molecule has 2 aromatic rings. The highest BCUT2D eigenvalue weighted by Crippen LogP contribution is 2.46. The van der Waals surface area contributed by atoms with Gasteiger partial charge in [0.1, 0.15) is 11.5 Å². The number of aromatic nitrogens is 1. The molecular weight excluding hydrogens is 285 g/mol. The van der Waals surface area contributed by atoms with Crippen LogP contribution in [0.25, 0.3) is 11.3 Å². The van der Waals surface area contributed by atoms with Crippen molar-refractivity contribution in [1.82, 2.24) is 5.16 Å². The zero-order valence-electron chi connectivity index (χ0n) is 9.69. The number of rotatable bonds is 3. The molecule has 1 aromatic carbocycles. The van der Waals surface area contributed by atoms with Crippen LogP contribution in [-0.2, 0) is 6.16 Å². The van der Waals surface area contributed by atoms with Crippen molar-refractivity contribution in [2.75, 3.05) is 0 Å². The summed E-state index contributed by atoms with van der Waals surface area (Å²) in [4.78, 5) is 0.831. The molecule has 0 saturated heterocycles. The standard InChI is InChI=1S/C13H13ClNOPS/c14-9-2-1-3-10(18)11(9)12-8(6-17)13(16-15-12)7-4-5-7/h1-3,7,18H,4-6,17H2. The van der Waals surface area contributed by atoms with E-state index in [1.54, 1.807) is 0 Å². The lowest BCUT2D eigenvalue weighted by Gasteiger charge is -2.06. The second-order valence-electron chi connectivity index (χ2n) is 4.49. The number of nitrogens with zero attached hydrogens (tertiary/aromatic N) is 1. The SMILES string of the molecule is PCc1c(-c2c(S)cccc2Cl)noc1C1CC1. The average Bonchev–Trinajstić information content (AvgIpc) is 3.10. The van der Waals surface area contributed by atoms with E-state index in [4.69, 9.17) is 16.1 Å². The van der Waals surface area contributed by atoms with Gasteiger partial charge in [0.2, 0.25) is 0 Å². The maximum atomic E-state index is 6.26. The van der Waals surface area contributed by atoms with E-state index in [1.807, 2.05) is 18.2 Å². The predicted molar refractivity (Wildman–Crippen MR) is 79.6 cm³/mol. The molecule has 5 heteroatoms. The molecule has 1 aliphatic carbocycles. The fourth-order valence-corrected chi connectivity index (χ4v) is 3.17. The summed E-state index contributed by atoms with van der Waals surface area (Å²) in [6, 6.07) is 5.66. The van der Waals surface area contributed by atoms with Crippen LogP contribution in [0.5, 0.6) is 0 Å². The fraction of sp³-hybridized carbons (Fsp3) is 0.308. The van der Waals surface area contributed by atoms with Crippen molar-refractivity contribution in [2.45, 2.75) is 29.8 Å². The number of hydrogen-bond donors (Lipinski definition) is 1. The molecule has 94 valence electrons. The summed E-state index contributed by atoms with van der Waals surface area (Å²) < 4.78 is 5.52. The molecule has 0 aliphatic heterocycles. The number of halogens is 1. The van der Waals surface area contributed by atoms with E-state index in [1.165, 1.54) is 12.8 Å². The van der Waals surface area contributed by atoms with Gasteiger partial charge in [-0.2, -0.15) is 0 Å². The molecular formula is C13H13ClNOPS. The summed E-state index contributed by atoms with van der Waals surface area (Å²) in [5.74, 6) is 1.57. The Morgan fingerprint density at radius 2 is 2.22 bits per heavy atom. The van der Waals surface area contributed by atoms with Gasteiger partial charge in [-0.05, 0) is 31.1 Å². The van der Waals surface area contributed by atoms with Crippen LogP contribution in [-0.4, -0.2) is 5.16 Å². The smallest absolute Gasteiger partial charge is 0.143 e. The lowest BCUT2D eigenvalue weighted by molar-refractivity contribution is 0.385. The van der Waals surface area contributed by atoms with Crippen molar-refractivity contribution >= 4 is 33.5 Å². The number of thiol groups is 1. The first-order chi connectivity index (χ1) is 8.72. The summed E-state index contributed by atoms with van der Waals surface area (Å²) in [5.41, 5.74) is 2.85. The molecule has 0 N–H and O–H groups in total. The minimum Gasteiger partial charge on any atom is -0.360 e. The zero-order chi connectivity index (χ0) is 12.7. The van der Waals surface area contributed by atoms with Gasteiger partial charge in [-0.3, -0.25) is 0 Å². The molecule has 0 radical (unpaired) electrons. The Balaban J connectivity index is 2.16. The van der Waals surface area contributed by atoms with Gasteiger partial charge in [-0.15, -0.1) is 21.9 Å². The monoisotopic (exact) mass is 297 g/mol.